The number of methoxy groups -OCH3 is 3. The van der Waals surface area contributed by atoms with Crippen LogP contribution in [0.25, 0.3) is 66.5 Å². The van der Waals surface area contributed by atoms with Crippen molar-refractivity contribution in [3.8, 4) is 51.0 Å². The molecule has 6 aromatic heterocycles. The first kappa shape index (κ1) is 77.3. The van der Waals surface area contributed by atoms with Crippen molar-refractivity contribution >= 4 is 125 Å². The maximum Gasteiger partial charge on any atom is 0.247 e. The average molecular weight is 1450 g/mol. The second-order valence-corrected chi connectivity index (χ2v) is 25.4. The van der Waals surface area contributed by atoms with Crippen LogP contribution in [-0.4, -0.2) is 148 Å². The van der Waals surface area contributed by atoms with Crippen LogP contribution in [-0.2, 0) is 40.3 Å². The third kappa shape index (κ3) is 18.0. The molecular formula is C82H91N19O7. The van der Waals surface area contributed by atoms with E-state index in [9.17, 15) is 19.2 Å². The highest BCUT2D eigenvalue weighted by Crippen LogP contribution is 2.42. The summed E-state index contributed by atoms with van der Waals surface area (Å²) in [6, 6.07) is 41.0. The number of nitrogens with zero attached hydrogens (tertiary/aromatic N) is 13. The molecular weight excluding hydrogens is 1360 g/mol. The molecule has 0 radical (unpaired) electrons. The Hall–Kier alpha value is -13.4. The molecule has 0 fully saturated rings. The van der Waals surface area contributed by atoms with Crippen molar-refractivity contribution in [2.45, 2.75) is 26.7 Å². The highest BCUT2D eigenvalue weighted by Gasteiger charge is 2.23. The van der Waals surface area contributed by atoms with Crippen LogP contribution < -0.4 is 60.8 Å². The molecule has 0 bridgehead atoms. The summed E-state index contributed by atoms with van der Waals surface area (Å²) in [5, 5.41) is 21.6. The normalized spacial score (nSPS) is 10.8. The fourth-order valence-electron chi connectivity index (χ4n) is 12.3. The molecule has 0 saturated heterocycles. The van der Waals surface area contributed by atoms with Gasteiger partial charge in [-0.3, -0.25) is 19.2 Å². The molecule has 0 aliphatic rings. The molecule has 6 N–H and O–H groups in total. The van der Waals surface area contributed by atoms with E-state index in [4.69, 9.17) is 29.2 Å². The first-order chi connectivity index (χ1) is 52.1. The minimum absolute atomic E-state index is 0.113. The number of anilines is 12. The van der Waals surface area contributed by atoms with Gasteiger partial charge in [-0.25, -0.2) is 29.9 Å². The average Bonchev–Trinajstić information content (AvgIpc) is 1.64. The van der Waals surface area contributed by atoms with E-state index in [1.54, 1.807) is 58.9 Å². The number of carbonyl (C=O) groups is 4. The number of likely N-dealkylation sites (N-methyl/N-ethyl adjacent to an activating group) is 2. The number of hydrogen-bond acceptors (Lipinski definition) is 19. The van der Waals surface area contributed by atoms with E-state index in [0.717, 1.165) is 104 Å². The molecule has 26 nitrogen and oxygen atoms in total. The van der Waals surface area contributed by atoms with E-state index < -0.39 is 5.91 Å². The van der Waals surface area contributed by atoms with Gasteiger partial charge in [0.1, 0.15) is 17.2 Å². The Morgan fingerprint density at radius 2 is 0.759 bits per heavy atom. The lowest BCUT2D eigenvalue weighted by atomic mass is 10.1. The van der Waals surface area contributed by atoms with E-state index in [1.165, 1.54) is 30.2 Å². The lowest BCUT2D eigenvalue weighted by Crippen LogP contribution is -2.29. The molecule has 12 aromatic rings. The van der Waals surface area contributed by atoms with Gasteiger partial charge in [-0.2, -0.15) is 0 Å². The highest BCUT2D eigenvalue weighted by molar-refractivity contribution is 6.07. The zero-order valence-corrected chi connectivity index (χ0v) is 63.1. The fraction of sp³-hybridized carbons (Fsp3) is 0.220. The van der Waals surface area contributed by atoms with Gasteiger partial charge in [-0.1, -0.05) is 88.2 Å². The summed E-state index contributed by atoms with van der Waals surface area (Å²) in [5.74, 6) is 1.75. The molecule has 0 spiro atoms. The van der Waals surface area contributed by atoms with Crippen molar-refractivity contribution in [3.05, 3.63) is 203 Å². The number of benzene rings is 6. The summed E-state index contributed by atoms with van der Waals surface area (Å²) >= 11 is 0. The predicted molar refractivity (Wildman–Crippen MR) is 436 cm³/mol. The Labute approximate surface area is 628 Å². The van der Waals surface area contributed by atoms with Crippen molar-refractivity contribution in [1.29, 1.82) is 0 Å². The minimum Gasteiger partial charge on any atom is -0.494 e. The number of carbonyl (C=O) groups excluding carboxylic acids is 4. The van der Waals surface area contributed by atoms with Crippen LogP contribution in [0.4, 0.5) is 69.0 Å². The van der Waals surface area contributed by atoms with Gasteiger partial charge >= 0.3 is 0 Å². The standard InChI is InChI=1S/C28H33N7O2.C27H28N6O3.C27H30N6O2/c1-7-27(36)30-22-16-23(26(37-6)17-25(22)34(4)15-14-33(2)3)32-28-29-13-12-21(31-28)20-18-35(5)24-11-9-8-10-19(20)24;1-6-25(34)29-20-14-21(24(36-5)15-23(20)33(4)26(35)7-2)31-27-28-13-12-19(30-27)18-16-32(3)22-11-9-8-10-17(18)22;1-6-14-32(3)24-16-25(35-5)22(15-21(24)29-26(34)7-2)31-27-28-13-12-20(30-27)19-17-33(4)23-11-9-8-10-18(19)23/h7-13,16-18H,1,14-15H2,2-6H3,(H,30,36)(H,29,31,32);6,8-16H,1,7H2,2-5H3,(H,29,34)(H,28,30,31);7-13,15-17H,2,6,14H2,1,3-5H3,(H,29,34)(H,28,30,31). The summed E-state index contributed by atoms with van der Waals surface area (Å²) < 4.78 is 23.2. The Balaban J connectivity index is 0.000000173. The van der Waals surface area contributed by atoms with Crippen molar-refractivity contribution in [2.24, 2.45) is 21.1 Å². The smallest absolute Gasteiger partial charge is 0.247 e. The minimum atomic E-state index is -0.404. The highest BCUT2D eigenvalue weighted by atomic mass is 16.5. The van der Waals surface area contributed by atoms with Crippen LogP contribution in [0.1, 0.15) is 26.7 Å². The summed E-state index contributed by atoms with van der Waals surface area (Å²) in [4.78, 5) is 84.1. The van der Waals surface area contributed by atoms with Gasteiger partial charge in [-0.05, 0) is 93.3 Å². The number of para-hydroxylation sites is 3. The topological polar surface area (TPSA) is 273 Å². The van der Waals surface area contributed by atoms with Crippen molar-refractivity contribution in [2.75, 3.05) is 123 Å². The van der Waals surface area contributed by atoms with Crippen LogP contribution in [0.2, 0.25) is 0 Å². The molecule has 108 heavy (non-hydrogen) atoms. The Morgan fingerprint density at radius 1 is 0.435 bits per heavy atom. The first-order valence-electron chi connectivity index (χ1n) is 34.8. The number of amides is 4. The van der Waals surface area contributed by atoms with Crippen molar-refractivity contribution < 1.29 is 33.4 Å². The maximum atomic E-state index is 12.4. The Bertz CT molecular complexity index is 5290. The number of hydrogen-bond donors (Lipinski definition) is 6. The number of fused-ring (bicyclic) bond motifs is 3. The number of aryl methyl sites for hydroxylation is 3. The van der Waals surface area contributed by atoms with Gasteiger partial charge in [0.25, 0.3) is 0 Å². The number of aromatic nitrogens is 9. The van der Waals surface area contributed by atoms with Gasteiger partial charge in [0.2, 0.25) is 41.5 Å². The molecule has 12 rings (SSSR count). The van der Waals surface area contributed by atoms with Crippen LogP contribution in [0.5, 0.6) is 17.2 Å². The fourth-order valence-corrected chi connectivity index (χ4v) is 12.3. The van der Waals surface area contributed by atoms with Gasteiger partial charge in [0.05, 0.1) is 89.6 Å². The quantitative estimate of drug-likeness (QED) is 0.0261. The molecule has 0 aliphatic carbocycles. The summed E-state index contributed by atoms with van der Waals surface area (Å²) in [5.41, 5.74) is 14.4. The van der Waals surface area contributed by atoms with Gasteiger partial charge < -0.3 is 79.4 Å². The second kappa shape index (κ2) is 35.4. The SMILES string of the molecule is C=CC(=O)Nc1cc(Nc2nccc(-c3cn(C)c4ccccc34)n2)c(OC)cc1N(C)C(=O)CC.C=CC(=O)Nc1cc(Nc2nccc(-c3cn(C)c4ccccc34)n2)c(OC)cc1N(C)CCC.C=CC(=O)Nc1cc(Nc2nccc(-c3cn(C)c4ccccc34)n2)c(OC)cc1N(C)CCN(C)C. The first-order valence-corrected chi connectivity index (χ1v) is 34.8. The zero-order chi connectivity index (χ0) is 77.3. The van der Waals surface area contributed by atoms with E-state index in [2.05, 4.69) is 151 Å². The lowest BCUT2D eigenvalue weighted by molar-refractivity contribution is -0.118. The summed E-state index contributed by atoms with van der Waals surface area (Å²) in [6.45, 7) is 17.0. The van der Waals surface area contributed by atoms with Crippen molar-refractivity contribution in [1.82, 2.24) is 48.5 Å². The van der Waals surface area contributed by atoms with Crippen LogP contribution >= 0.6 is 0 Å². The third-order valence-corrected chi connectivity index (χ3v) is 17.8. The molecule has 556 valence electrons. The Morgan fingerprint density at radius 3 is 1.07 bits per heavy atom. The van der Waals surface area contributed by atoms with E-state index in [-0.39, 0.29) is 17.7 Å². The van der Waals surface area contributed by atoms with E-state index in [0.29, 0.717) is 81.3 Å². The summed E-state index contributed by atoms with van der Waals surface area (Å²) in [6.07, 6.45) is 16.2. The van der Waals surface area contributed by atoms with Crippen LogP contribution in [0.15, 0.2) is 203 Å². The van der Waals surface area contributed by atoms with E-state index >= 15 is 0 Å². The maximum absolute atomic E-state index is 12.4. The number of rotatable bonds is 27. The molecule has 6 aromatic carbocycles. The van der Waals surface area contributed by atoms with Gasteiger partial charge in [0, 0.05) is 173 Å². The molecule has 0 aliphatic heterocycles. The van der Waals surface area contributed by atoms with Crippen LogP contribution in [0.3, 0.4) is 0 Å². The zero-order valence-electron chi connectivity index (χ0n) is 63.1. The monoisotopic (exact) mass is 1450 g/mol. The molecule has 0 saturated carbocycles. The molecule has 4 amide bonds. The number of ether oxygens (including phenoxy) is 3. The molecule has 6 heterocycles. The third-order valence-electron chi connectivity index (χ3n) is 17.8. The summed E-state index contributed by atoms with van der Waals surface area (Å²) in [7, 11) is 20.4. The van der Waals surface area contributed by atoms with Gasteiger partial charge in [0.15, 0.2) is 0 Å². The second-order valence-electron chi connectivity index (χ2n) is 25.4. The predicted octanol–water partition coefficient (Wildman–Crippen LogP) is 14.8. The molecule has 0 atom stereocenters. The number of nitrogens with one attached hydrogen (secondary N) is 6. The molecule has 26 heteroatoms. The molecule has 0 unspecified atom stereocenters. The van der Waals surface area contributed by atoms with Crippen molar-refractivity contribution in [3.63, 3.8) is 0 Å². The Kier molecular flexibility index (Phi) is 25.3. The van der Waals surface area contributed by atoms with Gasteiger partial charge in [-0.15, -0.1) is 0 Å². The van der Waals surface area contributed by atoms with E-state index in [1.807, 2.05) is 134 Å². The van der Waals surface area contributed by atoms with Crippen LogP contribution in [0, 0.1) is 0 Å². The largest absolute Gasteiger partial charge is 0.494 e. The lowest BCUT2D eigenvalue weighted by Gasteiger charge is -2.26.